The van der Waals surface area contributed by atoms with Gasteiger partial charge in [-0.25, -0.2) is 0 Å². The molecule has 1 N–H and O–H groups in total. The molecule has 8 heteroatoms. The Kier molecular flexibility index (Phi) is 8.17. The van der Waals surface area contributed by atoms with Gasteiger partial charge in [0.1, 0.15) is 5.82 Å². The van der Waals surface area contributed by atoms with Crippen LogP contribution in [0.3, 0.4) is 0 Å². The molecule has 1 aliphatic heterocycles. The van der Waals surface area contributed by atoms with Gasteiger partial charge in [0.25, 0.3) is 0 Å². The van der Waals surface area contributed by atoms with Gasteiger partial charge in [0, 0.05) is 49.9 Å². The fraction of sp³-hybridized carbons (Fsp3) is 0.381. The minimum atomic E-state index is 0. The van der Waals surface area contributed by atoms with Crippen molar-refractivity contribution in [3.05, 3.63) is 60.6 Å². The summed E-state index contributed by atoms with van der Waals surface area (Å²) in [6, 6.07) is 16.6. The zero-order chi connectivity index (χ0) is 19.2. The lowest BCUT2D eigenvalue weighted by Gasteiger charge is -2.21. The van der Waals surface area contributed by atoms with E-state index < -0.39 is 0 Å². The smallest absolute Gasteiger partial charge is 0.193 e. The molecule has 4 rings (SSSR count). The fourth-order valence-corrected chi connectivity index (χ4v) is 4.62. The summed E-state index contributed by atoms with van der Waals surface area (Å²) in [6.07, 6.45) is 4.04. The zero-order valence-electron chi connectivity index (χ0n) is 16.6. The first kappa shape index (κ1) is 21.9. The monoisotopic (exact) mass is 522 g/mol. The van der Waals surface area contributed by atoms with Crippen LogP contribution in [0.2, 0.25) is 0 Å². The number of halogens is 1. The summed E-state index contributed by atoms with van der Waals surface area (Å²) in [5.74, 6) is 3.81. The molecule has 154 valence electrons. The van der Waals surface area contributed by atoms with Crippen LogP contribution in [0.5, 0.6) is 0 Å². The highest BCUT2D eigenvalue weighted by molar-refractivity contribution is 14.0. The van der Waals surface area contributed by atoms with Crippen LogP contribution in [-0.2, 0) is 6.42 Å². The number of rotatable bonds is 6. The van der Waals surface area contributed by atoms with E-state index in [0.717, 1.165) is 49.2 Å². The van der Waals surface area contributed by atoms with E-state index in [0.29, 0.717) is 5.92 Å². The van der Waals surface area contributed by atoms with E-state index in [1.54, 1.807) is 0 Å². The van der Waals surface area contributed by atoms with Gasteiger partial charge in [0.05, 0.1) is 0 Å². The quantitative estimate of drug-likeness (QED) is 0.232. The van der Waals surface area contributed by atoms with Crippen molar-refractivity contribution in [3.8, 4) is 0 Å². The van der Waals surface area contributed by atoms with Crippen molar-refractivity contribution in [2.45, 2.75) is 17.7 Å². The van der Waals surface area contributed by atoms with Crippen LogP contribution < -0.4 is 5.32 Å². The largest absolute Gasteiger partial charge is 0.356 e. The Hall–Kier alpha value is -1.81. The molecule has 29 heavy (non-hydrogen) atoms. The van der Waals surface area contributed by atoms with E-state index in [-0.39, 0.29) is 24.0 Å². The molecule has 1 saturated heterocycles. The minimum Gasteiger partial charge on any atom is -0.356 e. The highest BCUT2D eigenvalue weighted by atomic mass is 127. The number of guanidine groups is 1. The number of pyridine rings is 1. The van der Waals surface area contributed by atoms with Crippen molar-refractivity contribution in [1.29, 1.82) is 0 Å². The maximum atomic E-state index is 4.49. The van der Waals surface area contributed by atoms with Crippen LogP contribution in [0.25, 0.3) is 5.65 Å². The number of benzene rings is 1. The summed E-state index contributed by atoms with van der Waals surface area (Å²) in [5, 5.41) is 12.0. The van der Waals surface area contributed by atoms with E-state index in [4.69, 9.17) is 0 Å². The number of nitrogens with zero attached hydrogens (tertiary/aromatic N) is 5. The highest BCUT2D eigenvalue weighted by Gasteiger charge is 2.24. The third-order valence-electron chi connectivity index (χ3n) is 5.04. The summed E-state index contributed by atoms with van der Waals surface area (Å²) in [6.45, 7) is 2.92. The third kappa shape index (κ3) is 5.63. The van der Waals surface area contributed by atoms with Crippen molar-refractivity contribution >= 4 is 47.3 Å². The van der Waals surface area contributed by atoms with Crippen molar-refractivity contribution in [2.75, 3.05) is 32.4 Å². The number of likely N-dealkylation sites (tertiary alicyclic amines) is 1. The number of fused-ring (bicyclic) bond motifs is 1. The summed E-state index contributed by atoms with van der Waals surface area (Å²) in [5.41, 5.74) is 0.889. The van der Waals surface area contributed by atoms with E-state index in [2.05, 4.69) is 55.7 Å². The lowest BCUT2D eigenvalue weighted by molar-refractivity contribution is 0.474. The lowest BCUT2D eigenvalue weighted by atomic mass is 10.2. The Bertz CT molecular complexity index is 929. The number of aromatic nitrogens is 3. The van der Waals surface area contributed by atoms with Gasteiger partial charge < -0.3 is 10.2 Å². The predicted molar refractivity (Wildman–Crippen MR) is 130 cm³/mol. The molecule has 1 unspecified atom stereocenters. The van der Waals surface area contributed by atoms with E-state index in [1.165, 1.54) is 11.3 Å². The first-order valence-corrected chi connectivity index (χ1v) is 10.7. The van der Waals surface area contributed by atoms with E-state index in [9.17, 15) is 0 Å². The second-order valence-electron chi connectivity index (χ2n) is 6.99. The normalized spacial score (nSPS) is 16.8. The van der Waals surface area contributed by atoms with Crippen molar-refractivity contribution in [1.82, 2.24) is 24.8 Å². The molecule has 0 radical (unpaired) electrons. The van der Waals surface area contributed by atoms with Crippen molar-refractivity contribution < 1.29 is 0 Å². The average Bonchev–Trinajstić information content (AvgIpc) is 3.38. The van der Waals surface area contributed by atoms with Crippen LogP contribution in [0, 0.1) is 5.92 Å². The summed E-state index contributed by atoms with van der Waals surface area (Å²) >= 11 is 1.95. The summed E-state index contributed by atoms with van der Waals surface area (Å²) < 4.78 is 2.04. The minimum absolute atomic E-state index is 0. The van der Waals surface area contributed by atoms with E-state index >= 15 is 0 Å². The molecule has 0 saturated carbocycles. The molecule has 0 bridgehead atoms. The second kappa shape index (κ2) is 10.8. The molecule has 2 aromatic heterocycles. The standard InChI is InChI=1S/C21H26N6S.HI/c1-22-21(23-12-10-20-25-24-19-9-5-6-13-27(19)20)26-14-11-17(15-26)16-28-18-7-3-2-4-8-18;/h2-9,13,17H,10-12,14-16H2,1H3,(H,22,23);1H. The van der Waals surface area contributed by atoms with Gasteiger partial charge in [-0.15, -0.1) is 45.9 Å². The molecule has 3 heterocycles. The molecule has 6 nitrogen and oxygen atoms in total. The summed E-state index contributed by atoms with van der Waals surface area (Å²) in [4.78, 5) is 8.21. The first-order valence-electron chi connectivity index (χ1n) is 9.75. The number of aliphatic imine (C=N–C) groups is 1. The molecule has 0 amide bonds. The Morgan fingerprint density at radius 1 is 1.17 bits per heavy atom. The predicted octanol–water partition coefficient (Wildman–Crippen LogP) is 3.58. The molecule has 1 atom stereocenters. The van der Waals surface area contributed by atoms with Gasteiger partial charge >= 0.3 is 0 Å². The van der Waals surface area contributed by atoms with Gasteiger partial charge in [0.15, 0.2) is 11.6 Å². The molecular weight excluding hydrogens is 495 g/mol. The van der Waals surface area contributed by atoms with E-state index in [1.807, 2.05) is 47.6 Å². The Morgan fingerprint density at radius 3 is 2.83 bits per heavy atom. The Balaban J connectivity index is 0.00000240. The zero-order valence-corrected chi connectivity index (χ0v) is 19.7. The van der Waals surface area contributed by atoms with Gasteiger partial charge in [-0.05, 0) is 36.6 Å². The fourth-order valence-electron chi connectivity index (χ4n) is 3.57. The molecule has 1 aliphatic rings. The average molecular weight is 522 g/mol. The van der Waals surface area contributed by atoms with Crippen LogP contribution in [0.15, 0.2) is 64.6 Å². The Morgan fingerprint density at radius 2 is 2.00 bits per heavy atom. The number of thioether (sulfide) groups is 1. The topological polar surface area (TPSA) is 57.8 Å². The summed E-state index contributed by atoms with van der Waals surface area (Å²) in [7, 11) is 1.86. The van der Waals surface area contributed by atoms with Crippen LogP contribution >= 0.6 is 35.7 Å². The van der Waals surface area contributed by atoms with Crippen LogP contribution in [0.1, 0.15) is 12.2 Å². The maximum absolute atomic E-state index is 4.49. The molecule has 0 aliphatic carbocycles. The van der Waals surface area contributed by atoms with Gasteiger partial charge in [-0.1, -0.05) is 24.3 Å². The maximum Gasteiger partial charge on any atom is 0.193 e. The molecule has 1 aromatic carbocycles. The third-order valence-corrected chi connectivity index (χ3v) is 6.29. The number of hydrogen-bond acceptors (Lipinski definition) is 4. The van der Waals surface area contributed by atoms with Crippen molar-refractivity contribution in [2.24, 2.45) is 10.9 Å². The SMILES string of the molecule is CN=C(NCCc1nnc2ccccn12)N1CCC(CSc2ccccc2)C1.I. The first-order chi connectivity index (χ1) is 13.8. The van der Waals surface area contributed by atoms with Crippen molar-refractivity contribution in [3.63, 3.8) is 0 Å². The van der Waals surface area contributed by atoms with Crippen LogP contribution in [0.4, 0.5) is 0 Å². The van der Waals surface area contributed by atoms with Gasteiger partial charge in [-0.2, -0.15) is 0 Å². The Labute approximate surface area is 193 Å². The number of hydrogen-bond donors (Lipinski definition) is 1. The molecular formula is C21H27IN6S. The number of nitrogens with one attached hydrogen (secondary N) is 1. The second-order valence-corrected chi connectivity index (χ2v) is 8.09. The molecule has 3 aromatic rings. The highest BCUT2D eigenvalue weighted by Crippen LogP contribution is 2.25. The van der Waals surface area contributed by atoms with Gasteiger partial charge in [-0.3, -0.25) is 9.39 Å². The van der Waals surface area contributed by atoms with Crippen LogP contribution in [-0.4, -0.2) is 57.9 Å². The molecule has 0 spiro atoms. The molecule has 1 fully saturated rings. The van der Waals surface area contributed by atoms with Gasteiger partial charge in [0.2, 0.25) is 0 Å². The lowest BCUT2D eigenvalue weighted by Crippen LogP contribution is -2.41.